The standard InChI is InChI=1S/C31H34F3NO4/c1-5-21-10-11-29(27(6-2)28(21)12-13-30(36)37)23-16-24(31(32,33)34)19-26(18-23)39-15-14-35-20(3)22-8-7-9-25(17-22)38-4/h7-13,16-20,35H,5-6,14-15H2,1-4H3,(H,36,37). The summed E-state index contributed by atoms with van der Waals surface area (Å²) in [5, 5.41) is 12.5. The lowest BCUT2D eigenvalue weighted by Crippen LogP contribution is -2.24. The molecule has 0 fully saturated rings. The van der Waals surface area contributed by atoms with Gasteiger partial charge in [-0.25, -0.2) is 4.79 Å². The van der Waals surface area contributed by atoms with E-state index in [2.05, 4.69) is 5.32 Å². The molecule has 1 unspecified atom stereocenters. The Labute approximate surface area is 227 Å². The molecule has 208 valence electrons. The minimum Gasteiger partial charge on any atom is -0.497 e. The molecule has 2 N–H and O–H groups in total. The number of methoxy groups -OCH3 is 1. The lowest BCUT2D eigenvalue weighted by atomic mass is 9.88. The quantitative estimate of drug-likeness (QED) is 0.186. The van der Waals surface area contributed by atoms with Gasteiger partial charge in [0.15, 0.2) is 0 Å². The number of aliphatic carboxylic acids is 1. The Hall–Kier alpha value is -3.78. The van der Waals surface area contributed by atoms with Gasteiger partial charge >= 0.3 is 12.1 Å². The molecule has 0 aliphatic rings. The topological polar surface area (TPSA) is 67.8 Å². The van der Waals surface area contributed by atoms with E-state index in [0.29, 0.717) is 30.5 Å². The second-order valence-corrected chi connectivity index (χ2v) is 9.09. The van der Waals surface area contributed by atoms with Crippen molar-refractivity contribution in [2.45, 2.75) is 45.8 Å². The minimum atomic E-state index is -4.56. The van der Waals surface area contributed by atoms with E-state index in [1.165, 1.54) is 6.08 Å². The van der Waals surface area contributed by atoms with Gasteiger partial charge < -0.3 is 19.9 Å². The van der Waals surface area contributed by atoms with Crippen LogP contribution in [0.25, 0.3) is 17.2 Å². The van der Waals surface area contributed by atoms with Crippen LogP contribution in [0.1, 0.15) is 54.6 Å². The number of hydrogen-bond donors (Lipinski definition) is 2. The van der Waals surface area contributed by atoms with Crippen LogP contribution in [0, 0.1) is 0 Å². The zero-order chi connectivity index (χ0) is 28.6. The molecule has 0 heterocycles. The van der Waals surface area contributed by atoms with Gasteiger partial charge in [-0.1, -0.05) is 38.1 Å². The zero-order valence-electron chi connectivity index (χ0n) is 22.6. The first-order valence-corrected chi connectivity index (χ1v) is 12.9. The Kier molecular flexibility index (Phi) is 10.2. The van der Waals surface area contributed by atoms with E-state index >= 15 is 0 Å². The number of halogens is 3. The molecule has 5 nitrogen and oxygen atoms in total. The third-order valence-corrected chi connectivity index (χ3v) is 6.53. The number of hydrogen-bond acceptors (Lipinski definition) is 4. The fourth-order valence-corrected chi connectivity index (χ4v) is 4.51. The summed E-state index contributed by atoms with van der Waals surface area (Å²) in [6.45, 7) is 6.42. The molecule has 0 saturated heterocycles. The summed E-state index contributed by atoms with van der Waals surface area (Å²) in [7, 11) is 1.60. The first kappa shape index (κ1) is 29.8. The van der Waals surface area contributed by atoms with Crippen molar-refractivity contribution in [1.29, 1.82) is 0 Å². The van der Waals surface area contributed by atoms with E-state index < -0.39 is 17.7 Å². The molecular weight excluding hydrogens is 507 g/mol. The molecule has 0 aliphatic heterocycles. The van der Waals surface area contributed by atoms with Gasteiger partial charge in [-0.05, 0) is 89.6 Å². The largest absolute Gasteiger partial charge is 0.497 e. The van der Waals surface area contributed by atoms with Crippen LogP contribution >= 0.6 is 0 Å². The molecular formula is C31H34F3NO4. The summed E-state index contributed by atoms with van der Waals surface area (Å²) < 4.78 is 52.6. The average molecular weight is 542 g/mol. The zero-order valence-corrected chi connectivity index (χ0v) is 22.6. The van der Waals surface area contributed by atoms with E-state index in [9.17, 15) is 18.0 Å². The van der Waals surface area contributed by atoms with Gasteiger partial charge in [-0.15, -0.1) is 0 Å². The first-order chi connectivity index (χ1) is 18.6. The summed E-state index contributed by atoms with van der Waals surface area (Å²) >= 11 is 0. The van der Waals surface area contributed by atoms with Gasteiger partial charge in [-0.3, -0.25) is 0 Å². The van der Waals surface area contributed by atoms with Crippen LogP contribution in [-0.4, -0.2) is 31.3 Å². The number of carboxylic acid groups (broad SMARTS) is 1. The lowest BCUT2D eigenvalue weighted by molar-refractivity contribution is -0.137. The van der Waals surface area contributed by atoms with Gasteiger partial charge in [0, 0.05) is 18.7 Å². The number of rotatable bonds is 12. The van der Waals surface area contributed by atoms with Crippen molar-refractivity contribution < 1.29 is 32.5 Å². The predicted molar refractivity (Wildman–Crippen MR) is 147 cm³/mol. The van der Waals surface area contributed by atoms with Crippen molar-refractivity contribution in [3.05, 3.63) is 88.5 Å². The minimum absolute atomic E-state index is 0.0118. The highest BCUT2D eigenvalue weighted by Gasteiger charge is 2.32. The maximum absolute atomic E-state index is 13.8. The fraction of sp³-hybridized carbons (Fsp3) is 0.323. The molecule has 0 spiro atoms. The Morgan fingerprint density at radius 1 is 1.05 bits per heavy atom. The van der Waals surface area contributed by atoms with E-state index in [4.69, 9.17) is 14.6 Å². The smallest absolute Gasteiger partial charge is 0.416 e. The molecule has 0 bridgehead atoms. The van der Waals surface area contributed by atoms with Gasteiger partial charge in [0.2, 0.25) is 0 Å². The molecule has 8 heteroatoms. The third-order valence-electron chi connectivity index (χ3n) is 6.53. The number of aryl methyl sites for hydroxylation is 1. The van der Waals surface area contributed by atoms with Crippen LogP contribution in [-0.2, 0) is 23.8 Å². The maximum atomic E-state index is 13.8. The Balaban J connectivity index is 1.88. The highest BCUT2D eigenvalue weighted by Crippen LogP contribution is 2.38. The molecule has 39 heavy (non-hydrogen) atoms. The molecule has 3 aromatic rings. The maximum Gasteiger partial charge on any atom is 0.416 e. The molecule has 0 amide bonds. The summed E-state index contributed by atoms with van der Waals surface area (Å²) in [6, 6.07) is 15.0. The van der Waals surface area contributed by atoms with Crippen molar-refractivity contribution in [3.63, 3.8) is 0 Å². The third kappa shape index (κ3) is 7.86. The number of benzene rings is 3. The number of carboxylic acids is 1. The molecule has 3 rings (SSSR count). The number of nitrogens with one attached hydrogen (secondary N) is 1. The second kappa shape index (κ2) is 13.3. The fourth-order valence-electron chi connectivity index (χ4n) is 4.51. The van der Waals surface area contributed by atoms with Crippen molar-refractivity contribution in [3.8, 4) is 22.6 Å². The summed E-state index contributed by atoms with van der Waals surface area (Å²) in [6.07, 6.45) is -0.817. The average Bonchev–Trinajstić information content (AvgIpc) is 2.92. The highest BCUT2D eigenvalue weighted by molar-refractivity contribution is 5.87. The van der Waals surface area contributed by atoms with Crippen LogP contribution in [0.15, 0.2) is 60.7 Å². The Bertz CT molecular complexity index is 1320. The number of alkyl halides is 3. The van der Waals surface area contributed by atoms with Crippen LogP contribution in [0.4, 0.5) is 13.2 Å². The molecule has 0 radical (unpaired) electrons. The van der Waals surface area contributed by atoms with Gasteiger partial charge in [-0.2, -0.15) is 13.2 Å². The monoisotopic (exact) mass is 541 g/mol. The Morgan fingerprint density at radius 3 is 2.46 bits per heavy atom. The van der Waals surface area contributed by atoms with E-state index in [0.717, 1.165) is 46.2 Å². The lowest BCUT2D eigenvalue weighted by Gasteiger charge is -2.19. The van der Waals surface area contributed by atoms with Gasteiger partial charge in [0.1, 0.15) is 18.1 Å². The second-order valence-electron chi connectivity index (χ2n) is 9.09. The first-order valence-electron chi connectivity index (χ1n) is 12.9. The number of carbonyl (C=O) groups is 1. The summed E-state index contributed by atoms with van der Waals surface area (Å²) in [4.78, 5) is 11.2. The molecule has 0 aliphatic carbocycles. The van der Waals surface area contributed by atoms with E-state index in [1.54, 1.807) is 19.2 Å². The highest BCUT2D eigenvalue weighted by atomic mass is 19.4. The number of ether oxygens (including phenoxy) is 2. The van der Waals surface area contributed by atoms with E-state index in [1.807, 2.05) is 51.1 Å². The molecule has 1 atom stereocenters. The predicted octanol–water partition coefficient (Wildman–Crippen LogP) is 7.33. The van der Waals surface area contributed by atoms with Crippen LogP contribution < -0.4 is 14.8 Å². The van der Waals surface area contributed by atoms with Crippen molar-refractivity contribution in [2.24, 2.45) is 0 Å². The molecule has 0 saturated carbocycles. The molecule has 0 aromatic heterocycles. The summed E-state index contributed by atoms with van der Waals surface area (Å²) in [5.74, 6) is -0.234. The SMILES string of the molecule is CCc1ccc(-c2cc(OCCNC(C)c3cccc(OC)c3)cc(C(F)(F)F)c2)c(CC)c1C=CC(=O)O. The van der Waals surface area contributed by atoms with Crippen molar-refractivity contribution >= 4 is 12.0 Å². The van der Waals surface area contributed by atoms with Crippen molar-refractivity contribution in [1.82, 2.24) is 5.32 Å². The van der Waals surface area contributed by atoms with E-state index in [-0.39, 0.29) is 18.4 Å². The Morgan fingerprint density at radius 2 is 1.82 bits per heavy atom. The summed E-state index contributed by atoms with van der Waals surface area (Å²) in [5.41, 5.74) is 3.61. The van der Waals surface area contributed by atoms with Crippen LogP contribution in [0.3, 0.4) is 0 Å². The van der Waals surface area contributed by atoms with Crippen molar-refractivity contribution in [2.75, 3.05) is 20.3 Å². The van der Waals surface area contributed by atoms with Gasteiger partial charge in [0.05, 0.1) is 12.7 Å². The van der Waals surface area contributed by atoms with Crippen LogP contribution in [0.5, 0.6) is 11.5 Å². The normalized spacial score (nSPS) is 12.5. The molecule has 3 aromatic carbocycles. The van der Waals surface area contributed by atoms with Gasteiger partial charge in [0.25, 0.3) is 0 Å². The van der Waals surface area contributed by atoms with Crippen LogP contribution in [0.2, 0.25) is 0 Å².